The average molecular weight is 785 g/mol. The van der Waals surface area contributed by atoms with Gasteiger partial charge in [0.15, 0.2) is 26.1 Å². The maximum absolute atomic E-state index is 15.7. The van der Waals surface area contributed by atoms with Crippen LogP contribution < -0.4 is 8.92 Å². The van der Waals surface area contributed by atoms with E-state index >= 15 is 13.2 Å². The molecular formula is C32H42F6N2O8SSi2. The van der Waals surface area contributed by atoms with E-state index in [-0.39, 0.29) is 59.6 Å². The Morgan fingerprint density at radius 3 is 2.06 bits per heavy atom. The predicted molar refractivity (Wildman–Crippen MR) is 181 cm³/mol. The Balaban J connectivity index is 1.46. The average Bonchev–Trinajstić information content (AvgIpc) is 3.64. The Morgan fingerprint density at radius 1 is 0.902 bits per heavy atom. The highest BCUT2D eigenvalue weighted by molar-refractivity contribution is 7.88. The third kappa shape index (κ3) is 8.44. The minimum atomic E-state index is -6.22. The molecule has 0 amide bonds. The van der Waals surface area contributed by atoms with Gasteiger partial charge in [0.05, 0.1) is 35.9 Å². The maximum atomic E-state index is 15.7. The molecule has 51 heavy (non-hydrogen) atoms. The quantitative estimate of drug-likeness (QED) is 0.0604. The summed E-state index contributed by atoms with van der Waals surface area (Å²) in [6.45, 7) is 18.0. The van der Waals surface area contributed by atoms with Crippen LogP contribution >= 0.6 is 0 Å². The summed E-state index contributed by atoms with van der Waals surface area (Å²) in [5.41, 5.74) is -7.50. The normalized spacial score (nSPS) is 21.8. The highest BCUT2D eigenvalue weighted by Crippen LogP contribution is 2.41. The van der Waals surface area contributed by atoms with Crippen LogP contribution in [0, 0.1) is 17.5 Å². The summed E-state index contributed by atoms with van der Waals surface area (Å²) < 4.78 is 143. The second-order valence-corrected chi connectivity index (χ2v) is 27.3. The van der Waals surface area contributed by atoms with E-state index in [9.17, 15) is 21.6 Å². The van der Waals surface area contributed by atoms with Crippen LogP contribution in [0.4, 0.5) is 26.3 Å². The number of alkyl halides is 3. The molecule has 0 radical (unpaired) electrons. The summed E-state index contributed by atoms with van der Waals surface area (Å²) >= 11 is 0. The zero-order valence-electron chi connectivity index (χ0n) is 29.5. The van der Waals surface area contributed by atoms with E-state index in [0.717, 1.165) is 12.1 Å². The lowest BCUT2D eigenvalue weighted by molar-refractivity contribution is -0.0500. The standard InChI is InChI=1S/C32H42F6N2O8SSi2/c1-31(2,3)51(7,8)48-25-16-45-29-24(15-44-30(25)29)46-26-14-22-23(40(26)17-43-9-10-50(4,5)6)13-21(35)28(39-22)27-19(33)11-18(12-20(27)34)47-49(41,42)32(36,37)38/h11-14,24-25,29-30H,9-10,15-17H2,1-8H3/t24-,25-,29-,30-/m1/s1. The van der Waals surface area contributed by atoms with E-state index in [1.807, 2.05) is 0 Å². The Labute approximate surface area is 294 Å². The number of aromatic nitrogens is 2. The Hall–Kier alpha value is -2.69. The van der Waals surface area contributed by atoms with Crippen LogP contribution in [0.1, 0.15) is 20.8 Å². The van der Waals surface area contributed by atoms with Gasteiger partial charge in [-0.05, 0) is 24.2 Å². The van der Waals surface area contributed by atoms with Crippen LogP contribution in [-0.4, -0.2) is 84.1 Å². The zero-order valence-corrected chi connectivity index (χ0v) is 32.3. The molecule has 2 aromatic heterocycles. The first-order valence-corrected chi connectivity index (χ1v) is 24.3. The van der Waals surface area contributed by atoms with E-state index < -0.39 is 78.7 Å². The fraction of sp³-hybridized carbons (Fsp3) is 0.594. The summed E-state index contributed by atoms with van der Waals surface area (Å²) in [7, 11) is -9.84. The largest absolute Gasteiger partial charge is 0.534 e. The number of halogens is 6. The van der Waals surface area contributed by atoms with Gasteiger partial charge >= 0.3 is 15.6 Å². The van der Waals surface area contributed by atoms with Crippen molar-refractivity contribution in [2.75, 3.05) is 19.8 Å². The van der Waals surface area contributed by atoms with Crippen LogP contribution in [-0.2, 0) is 35.5 Å². The van der Waals surface area contributed by atoms with Gasteiger partial charge in [-0.1, -0.05) is 40.4 Å². The van der Waals surface area contributed by atoms with Crippen molar-refractivity contribution in [2.24, 2.45) is 0 Å². The molecule has 0 saturated carbocycles. The van der Waals surface area contributed by atoms with Crippen molar-refractivity contribution < 1.29 is 62.3 Å². The van der Waals surface area contributed by atoms with Gasteiger partial charge in [0, 0.05) is 38.9 Å². The number of benzene rings is 1. The molecule has 2 aliphatic rings. The molecule has 0 spiro atoms. The van der Waals surface area contributed by atoms with Crippen LogP contribution in [0.5, 0.6) is 11.6 Å². The van der Waals surface area contributed by atoms with Gasteiger partial charge in [-0.3, -0.25) is 4.57 Å². The van der Waals surface area contributed by atoms with E-state index in [0.29, 0.717) is 13.2 Å². The number of hydrogen-bond acceptors (Lipinski definition) is 9. The second-order valence-electron chi connectivity index (χ2n) is 15.4. The molecular weight excluding hydrogens is 743 g/mol. The van der Waals surface area contributed by atoms with E-state index in [2.05, 4.69) is 62.7 Å². The lowest BCUT2D eigenvalue weighted by Crippen LogP contribution is -2.47. The Morgan fingerprint density at radius 2 is 1.49 bits per heavy atom. The Bertz CT molecular complexity index is 1850. The van der Waals surface area contributed by atoms with Crippen LogP contribution in [0.25, 0.3) is 22.3 Å². The number of nitrogens with zero attached hydrogens (tertiary/aromatic N) is 2. The van der Waals surface area contributed by atoms with E-state index in [1.54, 1.807) is 0 Å². The summed E-state index contributed by atoms with van der Waals surface area (Å²) in [4.78, 5) is 4.15. The van der Waals surface area contributed by atoms with Crippen LogP contribution in [0.15, 0.2) is 24.3 Å². The van der Waals surface area contributed by atoms with Gasteiger partial charge in [0.1, 0.15) is 42.0 Å². The SMILES string of the molecule is CC(C)(C)[Si](C)(C)O[C@@H]1CO[C@H]2[C@@H]1OC[C@H]2Oc1cc2nc(-c3c(F)cc(OS(=O)(=O)C(F)(F)F)cc3F)c(F)cc2n1COCC[Si](C)(C)C. The number of fused-ring (bicyclic) bond motifs is 2. The van der Waals surface area contributed by atoms with Gasteiger partial charge in [-0.2, -0.15) is 21.6 Å². The van der Waals surface area contributed by atoms with Gasteiger partial charge < -0.3 is 27.6 Å². The summed E-state index contributed by atoms with van der Waals surface area (Å²) in [6.07, 6.45) is -1.77. The molecule has 0 N–H and O–H groups in total. The minimum absolute atomic E-state index is 0.0352. The molecule has 19 heteroatoms. The minimum Gasteiger partial charge on any atom is -0.470 e. The topological polar surface area (TPSA) is 107 Å². The molecule has 10 nitrogen and oxygen atoms in total. The molecule has 4 heterocycles. The summed E-state index contributed by atoms with van der Waals surface area (Å²) in [5.74, 6) is -5.51. The molecule has 284 valence electrons. The van der Waals surface area contributed by atoms with Crippen molar-refractivity contribution in [2.45, 2.75) is 101 Å². The molecule has 0 aliphatic carbocycles. The molecule has 0 bridgehead atoms. The lowest BCUT2D eigenvalue weighted by Gasteiger charge is -2.39. The van der Waals surface area contributed by atoms with Gasteiger partial charge in [-0.15, -0.1) is 0 Å². The number of rotatable bonds is 12. The highest BCUT2D eigenvalue weighted by Gasteiger charge is 2.53. The molecule has 1 aromatic carbocycles. The van der Waals surface area contributed by atoms with Crippen molar-refractivity contribution in [1.82, 2.24) is 9.55 Å². The number of hydrogen-bond donors (Lipinski definition) is 0. The van der Waals surface area contributed by atoms with Gasteiger partial charge in [0.2, 0.25) is 0 Å². The van der Waals surface area contributed by atoms with Crippen molar-refractivity contribution in [3.8, 4) is 22.9 Å². The Kier molecular flexibility index (Phi) is 10.8. The molecule has 2 saturated heterocycles. The second kappa shape index (κ2) is 13.9. The zero-order chi connectivity index (χ0) is 37.9. The monoisotopic (exact) mass is 784 g/mol. The van der Waals surface area contributed by atoms with Crippen LogP contribution in [0.3, 0.4) is 0 Å². The van der Waals surface area contributed by atoms with Gasteiger partial charge in [-0.25, -0.2) is 18.2 Å². The third-order valence-electron chi connectivity index (χ3n) is 9.25. The maximum Gasteiger partial charge on any atom is 0.534 e. The number of ether oxygens (including phenoxy) is 4. The van der Waals surface area contributed by atoms with Crippen molar-refractivity contribution >= 4 is 37.5 Å². The van der Waals surface area contributed by atoms with Crippen molar-refractivity contribution in [3.63, 3.8) is 0 Å². The van der Waals surface area contributed by atoms with E-state index in [4.69, 9.17) is 23.4 Å². The molecule has 2 fully saturated rings. The fourth-order valence-corrected chi connectivity index (χ4v) is 7.92. The molecule has 5 rings (SSSR count). The molecule has 4 atom stereocenters. The third-order valence-corrected chi connectivity index (χ3v) is 16.4. The fourth-order valence-electron chi connectivity index (χ4n) is 5.41. The first kappa shape index (κ1) is 39.5. The molecule has 3 aromatic rings. The highest BCUT2D eigenvalue weighted by atomic mass is 32.2. The smallest absolute Gasteiger partial charge is 0.470 e. The number of pyridine rings is 1. The van der Waals surface area contributed by atoms with Crippen molar-refractivity contribution in [3.05, 3.63) is 41.7 Å². The first-order chi connectivity index (χ1) is 23.4. The lowest BCUT2D eigenvalue weighted by atomic mass is 10.1. The summed E-state index contributed by atoms with van der Waals surface area (Å²) in [6, 6.07) is 3.64. The van der Waals surface area contributed by atoms with Gasteiger partial charge in [0.25, 0.3) is 0 Å². The summed E-state index contributed by atoms with van der Waals surface area (Å²) in [5, 5.41) is -0.0352. The molecule has 0 unspecified atom stereocenters. The first-order valence-electron chi connectivity index (χ1n) is 16.2. The predicted octanol–water partition coefficient (Wildman–Crippen LogP) is 7.60. The van der Waals surface area contributed by atoms with E-state index in [1.165, 1.54) is 10.6 Å². The molecule has 2 aliphatic heterocycles. The van der Waals surface area contributed by atoms with Crippen molar-refractivity contribution in [1.29, 1.82) is 0 Å². The van der Waals surface area contributed by atoms with Crippen LogP contribution in [0.2, 0.25) is 43.8 Å².